The molecule has 2 heteroatoms. The van der Waals surface area contributed by atoms with Crippen molar-refractivity contribution in [3.63, 3.8) is 0 Å². The van der Waals surface area contributed by atoms with Gasteiger partial charge in [0, 0.05) is 13.2 Å². The van der Waals surface area contributed by atoms with E-state index in [1.807, 2.05) is 0 Å². The fourth-order valence-electron chi connectivity index (χ4n) is 2.85. The van der Waals surface area contributed by atoms with Gasteiger partial charge in [-0.2, -0.15) is 0 Å². The third-order valence-electron chi connectivity index (χ3n) is 3.87. The molecule has 0 heterocycles. The molecule has 1 saturated carbocycles. The maximum absolute atomic E-state index is 5.65. The normalized spacial score (nSPS) is 29.2. The quantitative estimate of drug-likeness (QED) is 0.753. The lowest BCUT2D eigenvalue weighted by Crippen LogP contribution is -2.38. The maximum Gasteiger partial charge on any atom is 0.0497 e. The Morgan fingerprint density at radius 2 is 2.00 bits per heavy atom. The van der Waals surface area contributed by atoms with Crippen LogP contribution >= 0.6 is 0 Å². The van der Waals surface area contributed by atoms with Gasteiger partial charge in [0.15, 0.2) is 0 Å². The van der Waals surface area contributed by atoms with Crippen LogP contribution in [0, 0.1) is 17.3 Å². The molecule has 1 N–H and O–H groups in total. The SMILES string of the molecule is CCNCC1CCC(C)(C)CC1COCC. The summed E-state index contributed by atoms with van der Waals surface area (Å²) in [7, 11) is 0. The van der Waals surface area contributed by atoms with Gasteiger partial charge in [-0.05, 0) is 56.5 Å². The average molecular weight is 227 g/mol. The van der Waals surface area contributed by atoms with Gasteiger partial charge in [0.2, 0.25) is 0 Å². The summed E-state index contributed by atoms with van der Waals surface area (Å²) in [6, 6.07) is 0. The van der Waals surface area contributed by atoms with Crippen molar-refractivity contribution < 1.29 is 4.74 Å². The number of hydrogen-bond acceptors (Lipinski definition) is 2. The van der Waals surface area contributed by atoms with Crippen molar-refractivity contribution in [1.29, 1.82) is 0 Å². The lowest BCUT2D eigenvalue weighted by atomic mass is 9.67. The second kappa shape index (κ2) is 6.61. The first-order chi connectivity index (χ1) is 7.59. The highest BCUT2D eigenvalue weighted by molar-refractivity contribution is 4.85. The van der Waals surface area contributed by atoms with Crippen molar-refractivity contribution in [1.82, 2.24) is 5.32 Å². The molecular formula is C14H29NO. The molecule has 0 radical (unpaired) electrons. The fourth-order valence-corrected chi connectivity index (χ4v) is 2.85. The topological polar surface area (TPSA) is 21.3 Å². The molecule has 0 bridgehead atoms. The van der Waals surface area contributed by atoms with Crippen molar-refractivity contribution in [3.8, 4) is 0 Å². The molecule has 96 valence electrons. The number of ether oxygens (including phenoxy) is 1. The van der Waals surface area contributed by atoms with Crippen molar-refractivity contribution >= 4 is 0 Å². The molecule has 2 unspecified atom stereocenters. The summed E-state index contributed by atoms with van der Waals surface area (Å²) in [5.41, 5.74) is 0.518. The van der Waals surface area contributed by atoms with Gasteiger partial charge >= 0.3 is 0 Å². The lowest BCUT2D eigenvalue weighted by molar-refractivity contribution is 0.0296. The van der Waals surface area contributed by atoms with E-state index in [-0.39, 0.29) is 0 Å². The van der Waals surface area contributed by atoms with Crippen LogP contribution in [0.25, 0.3) is 0 Å². The summed E-state index contributed by atoms with van der Waals surface area (Å²) in [5.74, 6) is 1.57. The Morgan fingerprint density at radius 1 is 1.25 bits per heavy atom. The van der Waals surface area contributed by atoms with E-state index in [0.717, 1.165) is 31.6 Å². The summed E-state index contributed by atoms with van der Waals surface area (Å²) in [6.45, 7) is 13.1. The zero-order chi connectivity index (χ0) is 12.0. The maximum atomic E-state index is 5.65. The fraction of sp³-hybridized carbons (Fsp3) is 1.00. The first-order valence-electron chi connectivity index (χ1n) is 6.87. The van der Waals surface area contributed by atoms with Gasteiger partial charge in [0.05, 0.1) is 0 Å². The summed E-state index contributed by atoms with van der Waals surface area (Å²) in [4.78, 5) is 0. The minimum absolute atomic E-state index is 0.518. The molecule has 1 fully saturated rings. The Kier molecular flexibility index (Phi) is 5.77. The Morgan fingerprint density at radius 3 is 2.62 bits per heavy atom. The van der Waals surface area contributed by atoms with Gasteiger partial charge in [-0.25, -0.2) is 0 Å². The summed E-state index contributed by atoms with van der Waals surface area (Å²) in [5, 5.41) is 3.50. The molecule has 0 saturated heterocycles. The molecular weight excluding hydrogens is 198 g/mol. The van der Waals surface area contributed by atoms with Gasteiger partial charge in [0.25, 0.3) is 0 Å². The molecule has 0 aliphatic heterocycles. The van der Waals surface area contributed by atoms with Gasteiger partial charge in [-0.3, -0.25) is 0 Å². The first-order valence-corrected chi connectivity index (χ1v) is 6.87. The second-order valence-electron chi connectivity index (χ2n) is 5.89. The van der Waals surface area contributed by atoms with Crippen molar-refractivity contribution in [3.05, 3.63) is 0 Å². The van der Waals surface area contributed by atoms with Crippen LogP contribution in [-0.4, -0.2) is 26.3 Å². The standard InChI is InChI=1S/C14H29NO/c1-5-15-10-12-7-8-14(3,4)9-13(12)11-16-6-2/h12-13,15H,5-11H2,1-4H3. The molecule has 2 atom stereocenters. The van der Waals surface area contributed by atoms with E-state index >= 15 is 0 Å². The van der Waals surface area contributed by atoms with E-state index in [4.69, 9.17) is 4.74 Å². The van der Waals surface area contributed by atoms with E-state index in [1.54, 1.807) is 0 Å². The van der Waals surface area contributed by atoms with E-state index in [0.29, 0.717) is 5.41 Å². The zero-order valence-corrected chi connectivity index (χ0v) is 11.5. The molecule has 1 rings (SSSR count). The first kappa shape index (κ1) is 14.0. The Hall–Kier alpha value is -0.0800. The Bertz CT molecular complexity index is 191. The molecule has 1 aliphatic rings. The Labute approximate surface area is 101 Å². The van der Waals surface area contributed by atoms with Gasteiger partial charge < -0.3 is 10.1 Å². The number of nitrogens with one attached hydrogen (secondary N) is 1. The van der Waals surface area contributed by atoms with Crippen molar-refractivity contribution in [2.45, 2.75) is 47.0 Å². The van der Waals surface area contributed by atoms with Crippen LogP contribution in [0.5, 0.6) is 0 Å². The zero-order valence-electron chi connectivity index (χ0n) is 11.5. The predicted molar refractivity (Wildman–Crippen MR) is 69.6 cm³/mol. The molecule has 0 aromatic heterocycles. The van der Waals surface area contributed by atoms with E-state index < -0.39 is 0 Å². The highest BCUT2D eigenvalue weighted by Crippen LogP contribution is 2.41. The van der Waals surface area contributed by atoms with Crippen LogP contribution in [0.4, 0.5) is 0 Å². The van der Waals surface area contributed by atoms with Crippen LogP contribution in [0.2, 0.25) is 0 Å². The third-order valence-corrected chi connectivity index (χ3v) is 3.87. The predicted octanol–water partition coefficient (Wildman–Crippen LogP) is 3.07. The number of hydrogen-bond donors (Lipinski definition) is 1. The van der Waals surface area contributed by atoms with Gasteiger partial charge in [-0.15, -0.1) is 0 Å². The average Bonchev–Trinajstić information content (AvgIpc) is 2.24. The molecule has 0 amide bonds. The largest absolute Gasteiger partial charge is 0.381 e. The Balaban J connectivity index is 2.46. The highest BCUT2D eigenvalue weighted by Gasteiger charge is 2.34. The summed E-state index contributed by atoms with van der Waals surface area (Å²) >= 11 is 0. The van der Waals surface area contributed by atoms with Gasteiger partial charge in [-0.1, -0.05) is 20.8 Å². The van der Waals surface area contributed by atoms with Crippen LogP contribution in [0.1, 0.15) is 47.0 Å². The molecule has 0 aromatic rings. The summed E-state index contributed by atoms with van der Waals surface area (Å²) < 4.78 is 5.65. The van der Waals surface area contributed by atoms with E-state index in [9.17, 15) is 0 Å². The summed E-state index contributed by atoms with van der Waals surface area (Å²) in [6.07, 6.45) is 4.05. The van der Waals surface area contributed by atoms with E-state index in [2.05, 4.69) is 33.0 Å². The molecule has 16 heavy (non-hydrogen) atoms. The monoisotopic (exact) mass is 227 g/mol. The molecule has 1 aliphatic carbocycles. The van der Waals surface area contributed by atoms with Crippen LogP contribution < -0.4 is 5.32 Å². The minimum atomic E-state index is 0.518. The van der Waals surface area contributed by atoms with Crippen LogP contribution in [0.3, 0.4) is 0 Å². The molecule has 0 aromatic carbocycles. The van der Waals surface area contributed by atoms with E-state index in [1.165, 1.54) is 25.8 Å². The highest BCUT2D eigenvalue weighted by atomic mass is 16.5. The molecule has 0 spiro atoms. The second-order valence-corrected chi connectivity index (χ2v) is 5.89. The lowest BCUT2D eigenvalue weighted by Gasteiger charge is -2.40. The molecule has 2 nitrogen and oxygen atoms in total. The van der Waals surface area contributed by atoms with Crippen LogP contribution in [0.15, 0.2) is 0 Å². The van der Waals surface area contributed by atoms with Crippen LogP contribution in [-0.2, 0) is 4.74 Å². The van der Waals surface area contributed by atoms with Gasteiger partial charge in [0.1, 0.15) is 0 Å². The minimum Gasteiger partial charge on any atom is -0.381 e. The van der Waals surface area contributed by atoms with Crippen molar-refractivity contribution in [2.24, 2.45) is 17.3 Å². The van der Waals surface area contributed by atoms with Crippen molar-refractivity contribution in [2.75, 3.05) is 26.3 Å². The smallest absolute Gasteiger partial charge is 0.0497 e. The third kappa shape index (κ3) is 4.42. The number of rotatable bonds is 6.